The van der Waals surface area contributed by atoms with Crippen LogP contribution in [0.1, 0.15) is 25.1 Å². The second kappa shape index (κ2) is 3.50. The average molecular weight is 249 g/mol. The van der Waals surface area contributed by atoms with E-state index in [1.54, 1.807) is 0 Å². The summed E-state index contributed by atoms with van der Waals surface area (Å²) in [5.41, 5.74) is 4.15. The first-order valence-corrected chi connectivity index (χ1v) is 6.37. The normalized spacial score (nSPS) is 18.4. The highest BCUT2D eigenvalue weighted by molar-refractivity contribution is 6.35. The molecule has 0 spiro atoms. The maximum Gasteiger partial charge on any atom is 0.0672 e. The maximum absolute atomic E-state index is 6.33. The van der Waals surface area contributed by atoms with E-state index in [1.165, 1.54) is 16.6 Å². The van der Waals surface area contributed by atoms with Crippen molar-refractivity contribution in [2.75, 3.05) is 6.54 Å². The number of benzene rings is 1. The van der Waals surface area contributed by atoms with Crippen LogP contribution in [0.25, 0.3) is 10.9 Å². The molecular formula is C14H17ClN2. The summed E-state index contributed by atoms with van der Waals surface area (Å²) in [6.07, 6.45) is 0. The van der Waals surface area contributed by atoms with Crippen molar-refractivity contribution in [3.8, 4) is 0 Å². The summed E-state index contributed by atoms with van der Waals surface area (Å²) in [7, 11) is 2.11. The first-order valence-electron chi connectivity index (χ1n) is 5.99. The van der Waals surface area contributed by atoms with Crippen LogP contribution in [0, 0.1) is 0 Å². The molecule has 1 aliphatic heterocycles. The lowest BCUT2D eigenvalue weighted by atomic mass is 9.80. The Morgan fingerprint density at radius 1 is 1.35 bits per heavy atom. The highest BCUT2D eigenvalue weighted by Gasteiger charge is 2.32. The molecular weight excluding hydrogens is 232 g/mol. The summed E-state index contributed by atoms with van der Waals surface area (Å²) >= 11 is 6.33. The molecule has 1 N–H and O–H groups in total. The molecule has 0 unspecified atom stereocenters. The Balaban J connectivity index is 2.47. The molecule has 1 aliphatic rings. The van der Waals surface area contributed by atoms with Gasteiger partial charge in [0.2, 0.25) is 0 Å². The lowest BCUT2D eigenvalue weighted by molar-refractivity contribution is 0.429. The fourth-order valence-corrected chi connectivity index (χ4v) is 3.36. The quantitative estimate of drug-likeness (QED) is 0.758. The Morgan fingerprint density at radius 2 is 2.12 bits per heavy atom. The second-order valence-electron chi connectivity index (χ2n) is 5.50. The van der Waals surface area contributed by atoms with Crippen LogP contribution in [0.5, 0.6) is 0 Å². The summed E-state index contributed by atoms with van der Waals surface area (Å²) in [5.74, 6) is 0. The van der Waals surface area contributed by atoms with Crippen molar-refractivity contribution < 1.29 is 0 Å². The zero-order valence-electron chi connectivity index (χ0n) is 10.5. The summed E-state index contributed by atoms with van der Waals surface area (Å²) in [6, 6.07) is 6.20. The van der Waals surface area contributed by atoms with Gasteiger partial charge in [-0.05, 0) is 11.6 Å². The molecule has 0 atom stereocenters. The first-order chi connectivity index (χ1) is 8.02. The first kappa shape index (κ1) is 11.1. The van der Waals surface area contributed by atoms with Gasteiger partial charge in [0.05, 0.1) is 10.5 Å². The van der Waals surface area contributed by atoms with Gasteiger partial charge < -0.3 is 9.88 Å². The number of aryl methyl sites for hydroxylation is 1. The number of rotatable bonds is 0. The predicted octanol–water partition coefficient (Wildman–Crippen LogP) is 3.21. The van der Waals surface area contributed by atoms with Crippen LogP contribution in [0.2, 0.25) is 5.02 Å². The monoisotopic (exact) mass is 248 g/mol. The highest BCUT2D eigenvalue weighted by Crippen LogP contribution is 2.39. The molecule has 2 heterocycles. The predicted molar refractivity (Wildman–Crippen MR) is 72.7 cm³/mol. The number of nitrogens with one attached hydrogen (secondary N) is 1. The third-order valence-electron chi connectivity index (χ3n) is 3.82. The maximum atomic E-state index is 6.33. The number of hydrogen-bond acceptors (Lipinski definition) is 1. The van der Waals surface area contributed by atoms with Gasteiger partial charge in [0.1, 0.15) is 0 Å². The van der Waals surface area contributed by atoms with E-state index in [9.17, 15) is 0 Å². The van der Waals surface area contributed by atoms with Crippen molar-refractivity contribution in [3.63, 3.8) is 0 Å². The average Bonchev–Trinajstić information content (AvgIpc) is 2.55. The van der Waals surface area contributed by atoms with E-state index in [0.717, 1.165) is 23.6 Å². The highest BCUT2D eigenvalue weighted by atomic mass is 35.5. The number of aromatic nitrogens is 1. The van der Waals surface area contributed by atoms with E-state index in [2.05, 4.69) is 36.8 Å². The Labute approximate surface area is 107 Å². The fourth-order valence-electron chi connectivity index (χ4n) is 3.06. The molecule has 0 radical (unpaired) electrons. The molecule has 0 amide bonds. The largest absolute Gasteiger partial charge is 0.345 e. The smallest absolute Gasteiger partial charge is 0.0672 e. The number of halogens is 1. The van der Waals surface area contributed by atoms with Crippen LogP contribution in [0.15, 0.2) is 18.2 Å². The van der Waals surface area contributed by atoms with Crippen molar-refractivity contribution >= 4 is 22.5 Å². The Kier molecular flexibility index (Phi) is 2.29. The summed E-state index contributed by atoms with van der Waals surface area (Å²) < 4.78 is 2.24. The van der Waals surface area contributed by atoms with Gasteiger partial charge >= 0.3 is 0 Å². The van der Waals surface area contributed by atoms with Crippen LogP contribution >= 0.6 is 11.6 Å². The number of nitrogens with zero attached hydrogens (tertiary/aromatic N) is 1. The second-order valence-corrected chi connectivity index (χ2v) is 5.91. The van der Waals surface area contributed by atoms with Crippen molar-refractivity contribution in [1.82, 2.24) is 9.88 Å². The van der Waals surface area contributed by atoms with Crippen molar-refractivity contribution in [3.05, 3.63) is 34.5 Å². The van der Waals surface area contributed by atoms with Gasteiger partial charge in [-0.25, -0.2) is 0 Å². The van der Waals surface area contributed by atoms with E-state index < -0.39 is 0 Å². The Morgan fingerprint density at radius 3 is 2.88 bits per heavy atom. The number of hydrogen-bond donors (Lipinski definition) is 1. The zero-order chi connectivity index (χ0) is 12.2. The van der Waals surface area contributed by atoms with Gasteiger partial charge in [0.25, 0.3) is 0 Å². The molecule has 0 fully saturated rings. The summed E-state index contributed by atoms with van der Waals surface area (Å²) in [4.78, 5) is 0. The molecule has 2 aromatic rings. The van der Waals surface area contributed by atoms with Crippen molar-refractivity contribution in [2.45, 2.75) is 25.8 Å². The van der Waals surface area contributed by atoms with Crippen LogP contribution in [0.3, 0.4) is 0 Å². The summed E-state index contributed by atoms with van der Waals surface area (Å²) in [5, 5.41) is 5.64. The lowest BCUT2D eigenvalue weighted by Crippen LogP contribution is -2.38. The molecule has 2 nitrogen and oxygen atoms in total. The number of fused-ring (bicyclic) bond motifs is 3. The molecule has 1 aromatic carbocycles. The molecule has 3 heteroatoms. The van der Waals surface area contributed by atoms with Gasteiger partial charge in [-0.15, -0.1) is 0 Å². The molecule has 0 saturated carbocycles. The zero-order valence-corrected chi connectivity index (χ0v) is 11.2. The Hall–Kier alpha value is -0.990. The van der Waals surface area contributed by atoms with Crippen LogP contribution in [0.4, 0.5) is 0 Å². The van der Waals surface area contributed by atoms with Gasteiger partial charge in [-0.3, -0.25) is 0 Å². The van der Waals surface area contributed by atoms with Gasteiger partial charge in [-0.2, -0.15) is 0 Å². The molecule has 17 heavy (non-hydrogen) atoms. The number of para-hydroxylation sites is 1. The van der Waals surface area contributed by atoms with Gasteiger partial charge in [0.15, 0.2) is 0 Å². The third-order valence-corrected chi connectivity index (χ3v) is 4.13. The SMILES string of the molecule is Cn1c2c(c3cccc(Cl)c31)C(C)(C)CNC2. The minimum atomic E-state index is 0.164. The minimum absolute atomic E-state index is 0.164. The van der Waals surface area contributed by atoms with E-state index in [1.807, 2.05) is 12.1 Å². The van der Waals surface area contributed by atoms with E-state index in [0.29, 0.717) is 0 Å². The lowest BCUT2D eigenvalue weighted by Gasteiger charge is -2.31. The van der Waals surface area contributed by atoms with Crippen molar-refractivity contribution in [1.29, 1.82) is 0 Å². The van der Waals surface area contributed by atoms with E-state index in [4.69, 9.17) is 11.6 Å². The fraction of sp³-hybridized carbons (Fsp3) is 0.429. The van der Waals surface area contributed by atoms with Gasteiger partial charge in [-0.1, -0.05) is 37.6 Å². The van der Waals surface area contributed by atoms with Crippen molar-refractivity contribution in [2.24, 2.45) is 7.05 Å². The standard InChI is InChI=1S/C14H17ClN2/c1-14(2)8-16-7-11-12(14)9-5-4-6-10(15)13(9)17(11)3/h4-6,16H,7-8H2,1-3H3. The van der Waals surface area contributed by atoms with Crippen LogP contribution in [-0.2, 0) is 19.0 Å². The molecule has 3 rings (SSSR count). The molecule has 0 saturated heterocycles. The summed E-state index contributed by atoms with van der Waals surface area (Å²) in [6.45, 7) is 6.53. The van der Waals surface area contributed by atoms with Crippen LogP contribution in [-0.4, -0.2) is 11.1 Å². The third kappa shape index (κ3) is 1.44. The van der Waals surface area contributed by atoms with Crippen LogP contribution < -0.4 is 5.32 Å². The minimum Gasteiger partial charge on any atom is -0.345 e. The topological polar surface area (TPSA) is 17.0 Å². The van der Waals surface area contributed by atoms with Gasteiger partial charge in [0, 0.05) is 36.6 Å². The van der Waals surface area contributed by atoms with E-state index in [-0.39, 0.29) is 5.41 Å². The molecule has 0 bridgehead atoms. The van der Waals surface area contributed by atoms with E-state index >= 15 is 0 Å². The molecule has 90 valence electrons. The molecule has 1 aromatic heterocycles. The molecule has 0 aliphatic carbocycles. The Bertz CT molecular complexity index is 596.